The van der Waals surface area contributed by atoms with E-state index in [0.717, 1.165) is 103 Å². The molecule has 0 aliphatic heterocycles. The number of esters is 3. The summed E-state index contributed by atoms with van der Waals surface area (Å²) in [5, 5.41) is 0. The molecule has 0 aromatic carbocycles. The number of carbonyl (C=O) groups excluding carboxylic acids is 3. The van der Waals surface area contributed by atoms with Crippen molar-refractivity contribution in [1.29, 1.82) is 0 Å². The maximum absolute atomic E-state index is 12.9. The minimum absolute atomic E-state index is 0.0798. The summed E-state index contributed by atoms with van der Waals surface area (Å²) in [6, 6.07) is 0. The molecule has 82 heavy (non-hydrogen) atoms. The van der Waals surface area contributed by atoms with Crippen molar-refractivity contribution in [1.82, 2.24) is 0 Å². The maximum Gasteiger partial charge on any atom is 0.306 e. The summed E-state index contributed by atoms with van der Waals surface area (Å²) in [5.41, 5.74) is 0. The monoisotopic (exact) mass is 1150 g/mol. The first-order valence-electron chi connectivity index (χ1n) is 35.9. The number of hydrogen-bond donors (Lipinski definition) is 0. The van der Waals surface area contributed by atoms with Gasteiger partial charge in [-0.2, -0.15) is 0 Å². The smallest absolute Gasteiger partial charge is 0.306 e. The van der Waals surface area contributed by atoms with Crippen LogP contribution in [-0.4, -0.2) is 37.2 Å². The molecule has 6 heteroatoms. The van der Waals surface area contributed by atoms with Crippen LogP contribution in [0.4, 0.5) is 0 Å². The van der Waals surface area contributed by atoms with Gasteiger partial charge < -0.3 is 14.2 Å². The fraction of sp³-hybridized carbons (Fsp3) is 0.803. The largest absolute Gasteiger partial charge is 0.462 e. The Morgan fingerprint density at radius 1 is 0.244 bits per heavy atom. The molecule has 0 aromatic heterocycles. The van der Waals surface area contributed by atoms with Gasteiger partial charge in [0, 0.05) is 19.3 Å². The molecule has 0 saturated carbocycles. The molecule has 1 atom stereocenters. The lowest BCUT2D eigenvalue weighted by Crippen LogP contribution is -2.30. The average molecular weight is 1150 g/mol. The zero-order valence-electron chi connectivity index (χ0n) is 54.8. The Hall–Kier alpha value is -3.15. The molecule has 0 N–H and O–H groups in total. The van der Waals surface area contributed by atoms with Gasteiger partial charge in [0.05, 0.1) is 0 Å². The Morgan fingerprint density at radius 2 is 0.439 bits per heavy atom. The van der Waals surface area contributed by atoms with Gasteiger partial charge in [0.15, 0.2) is 6.10 Å². The van der Waals surface area contributed by atoms with Gasteiger partial charge in [-0.1, -0.05) is 312 Å². The second-order valence-electron chi connectivity index (χ2n) is 24.1. The van der Waals surface area contributed by atoms with E-state index >= 15 is 0 Å². The van der Waals surface area contributed by atoms with E-state index in [1.54, 1.807) is 0 Å². The van der Waals surface area contributed by atoms with Crippen molar-refractivity contribution < 1.29 is 28.6 Å². The predicted molar refractivity (Wildman–Crippen MR) is 358 cm³/mol. The van der Waals surface area contributed by atoms with Crippen LogP contribution >= 0.6 is 0 Å². The third kappa shape index (κ3) is 67.6. The highest BCUT2D eigenvalue weighted by Gasteiger charge is 2.19. The fourth-order valence-electron chi connectivity index (χ4n) is 10.5. The van der Waals surface area contributed by atoms with Crippen LogP contribution in [-0.2, 0) is 28.6 Å². The number of rotatable bonds is 66. The summed E-state index contributed by atoms with van der Waals surface area (Å²) < 4.78 is 17.0. The van der Waals surface area contributed by atoms with Gasteiger partial charge in [-0.15, -0.1) is 0 Å². The normalized spacial score (nSPS) is 12.5. The van der Waals surface area contributed by atoms with Crippen LogP contribution in [0.3, 0.4) is 0 Å². The van der Waals surface area contributed by atoms with Crippen molar-refractivity contribution in [3.63, 3.8) is 0 Å². The highest BCUT2D eigenvalue weighted by atomic mass is 16.6. The second kappa shape index (κ2) is 70.3. The molecule has 0 bridgehead atoms. The van der Waals surface area contributed by atoms with Crippen molar-refractivity contribution >= 4 is 17.9 Å². The van der Waals surface area contributed by atoms with Crippen LogP contribution in [0.2, 0.25) is 0 Å². The van der Waals surface area contributed by atoms with Crippen molar-refractivity contribution in [3.05, 3.63) is 72.9 Å². The molecule has 0 fully saturated rings. The third-order valence-corrected chi connectivity index (χ3v) is 15.9. The molecule has 6 nitrogen and oxygen atoms in total. The molecule has 476 valence electrons. The Balaban J connectivity index is 4.18. The fourth-order valence-corrected chi connectivity index (χ4v) is 10.5. The molecule has 1 unspecified atom stereocenters. The van der Waals surface area contributed by atoms with Crippen molar-refractivity contribution in [2.75, 3.05) is 13.2 Å². The molecule has 0 radical (unpaired) electrons. The van der Waals surface area contributed by atoms with Crippen LogP contribution in [0, 0.1) is 0 Å². The Kier molecular flexibility index (Phi) is 67.6. The lowest BCUT2D eigenvalue weighted by atomic mass is 10.0. The van der Waals surface area contributed by atoms with E-state index in [9.17, 15) is 14.4 Å². The number of unbranched alkanes of at least 4 members (excludes halogenated alkanes) is 43. The molecular formula is C76H136O6. The molecule has 0 aliphatic rings. The van der Waals surface area contributed by atoms with E-state index in [0.29, 0.717) is 19.3 Å². The molecule has 0 spiro atoms. The number of carbonyl (C=O) groups is 3. The third-order valence-electron chi connectivity index (χ3n) is 15.9. The van der Waals surface area contributed by atoms with Gasteiger partial charge in [-0.05, 0) is 116 Å². The number of hydrogen-bond acceptors (Lipinski definition) is 6. The first-order chi connectivity index (χ1) is 40.5. The van der Waals surface area contributed by atoms with Gasteiger partial charge in [0.2, 0.25) is 0 Å². The summed E-state index contributed by atoms with van der Waals surface area (Å²) in [6.07, 6.45) is 92.2. The van der Waals surface area contributed by atoms with Crippen molar-refractivity contribution in [3.8, 4) is 0 Å². The lowest BCUT2D eigenvalue weighted by molar-refractivity contribution is -0.167. The maximum atomic E-state index is 12.9. The van der Waals surface area contributed by atoms with Crippen LogP contribution < -0.4 is 0 Å². The molecule has 0 aliphatic carbocycles. The van der Waals surface area contributed by atoms with Gasteiger partial charge in [0.25, 0.3) is 0 Å². The van der Waals surface area contributed by atoms with E-state index in [1.165, 1.54) is 231 Å². The molecular weight excluding hydrogens is 1010 g/mol. The van der Waals surface area contributed by atoms with Gasteiger partial charge in [-0.3, -0.25) is 14.4 Å². The summed E-state index contributed by atoms with van der Waals surface area (Å²) in [4.78, 5) is 38.4. The van der Waals surface area contributed by atoms with Crippen LogP contribution in [0.5, 0.6) is 0 Å². The standard InChI is InChI=1S/C76H136O6/c1-4-7-10-13-16-19-22-25-28-30-31-32-33-34-35-36-37-38-39-40-41-42-43-44-45-46-49-51-54-57-60-63-66-69-75(78)81-72-73(71-80-74(77)68-65-62-59-56-53-50-47-27-24-21-18-15-12-9-6-3)82-76(79)70-67-64-61-58-55-52-48-29-26-23-20-17-14-11-8-5-2/h18,21-22,25,27,29-31,33-34,47-48,73H,4-17,19-20,23-24,26,28,32,35-46,49-72H2,1-3H3/b21-18-,25-22-,31-30-,34-33-,47-27-,48-29-. The second-order valence-corrected chi connectivity index (χ2v) is 24.1. The van der Waals surface area contributed by atoms with Crippen LogP contribution in [0.15, 0.2) is 72.9 Å². The predicted octanol–water partition coefficient (Wildman–Crippen LogP) is 24.8. The topological polar surface area (TPSA) is 78.9 Å². The van der Waals surface area contributed by atoms with Gasteiger partial charge >= 0.3 is 17.9 Å². The summed E-state index contributed by atoms with van der Waals surface area (Å²) >= 11 is 0. The van der Waals surface area contributed by atoms with E-state index in [1.807, 2.05) is 0 Å². The number of ether oxygens (including phenoxy) is 3. The average Bonchev–Trinajstić information content (AvgIpc) is 3.47. The van der Waals surface area contributed by atoms with Crippen molar-refractivity contribution in [2.24, 2.45) is 0 Å². The van der Waals surface area contributed by atoms with Crippen molar-refractivity contribution in [2.45, 2.75) is 380 Å². The minimum Gasteiger partial charge on any atom is -0.462 e. The van der Waals surface area contributed by atoms with E-state index < -0.39 is 6.10 Å². The van der Waals surface area contributed by atoms with Crippen LogP contribution in [0.25, 0.3) is 0 Å². The zero-order valence-corrected chi connectivity index (χ0v) is 54.8. The summed E-state index contributed by atoms with van der Waals surface area (Å²) in [6.45, 7) is 6.63. The first kappa shape index (κ1) is 78.8. The molecule has 0 saturated heterocycles. The lowest BCUT2D eigenvalue weighted by Gasteiger charge is -2.18. The van der Waals surface area contributed by atoms with Crippen LogP contribution in [0.1, 0.15) is 374 Å². The molecule has 0 rings (SSSR count). The van der Waals surface area contributed by atoms with E-state index in [4.69, 9.17) is 14.2 Å². The summed E-state index contributed by atoms with van der Waals surface area (Å²) in [7, 11) is 0. The van der Waals surface area contributed by atoms with Gasteiger partial charge in [0.1, 0.15) is 13.2 Å². The van der Waals surface area contributed by atoms with Gasteiger partial charge in [-0.25, -0.2) is 0 Å². The molecule has 0 amide bonds. The first-order valence-corrected chi connectivity index (χ1v) is 35.9. The van der Waals surface area contributed by atoms with E-state index in [-0.39, 0.29) is 31.1 Å². The molecule has 0 aromatic rings. The Labute approximate surface area is 510 Å². The van der Waals surface area contributed by atoms with E-state index in [2.05, 4.69) is 93.7 Å². The summed E-state index contributed by atoms with van der Waals surface area (Å²) in [5.74, 6) is -0.883. The SMILES string of the molecule is CCCCC/C=C\C/C=C\CCCCCCCC(=O)OCC(COC(=O)CCCCCCCCCCCCCCCCCCCC/C=C\C/C=C\C/C=C\CCCCCCC)OC(=O)CCCCCCC/C=C\CCCCCCCCC. The zero-order chi connectivity index (χ0) is 59.2. The quantitative estimate of drug-likeness (QED) is 0.0261. The molecule has 0 heterocycles. The highest BCUT2D eigenvalue weighted by Crippen LogP contribution is 2.17. The number of allylic oxidation sites excluding steroid dienone is 12. The Morgan fingerprint density at radius 3 is 0.720 bits per heavy atom. The minimum atomic E-state index is -0.785. The Bertz CT molecular complexity index is 1500. The highest BCUT2D eigenvalue weighted by molar-refractivity contribution is 5.71.